The average molecular weight is 265 g/mol. The zero-order valence-electron chi connectivity index (χ0n) is 8.50. The number of ether oxygens (including phenoxy) is 1. The van der Waals surface area contributed by atoms with Crippen molar-refractivity contribution in [3.8, 4) is 5.75 Å². The van der Waals surface area contributed by atoms with Crippen LogP contribution in [0.2, 0.25) is 10.0 Å². The third-order valence-electron chi connectivity index (χ3n) is 1.81. The molecule has 88 valence electrons. The highest BCUT2D eigenvalue weighted by molar-refractivity contribution is 6.42. The third kappa shape index (κ3) is 3.23. The number of hydrogen-bond acceptors (Lipinski definition) is 4. The molecule has 0 heterocycles. The topological polar surface area (TPSA) is 64.4 Å². The first kappa shape index (κ1) is 13.0. The minimum atomic E-state index is -0.559. The van der Waals surface area contributed by atoms with Gasteiger partial charge in [0.2, 0.25) is 0 Å². The van der Waals surface area contributed by atoms with E-state index in [1.54, 1.807) is 7.05 Å². The largest absolute Gasteiger partial charge is 0.485 e. The second kappa shape index (κ2) is 5.89. The quantitative estimate of drug-likeness (QED) is 0.504. The van der Waals surface area contributed by atoms with Gasteiger partial charge in [-0.2, -0.15) is 0 Å². The van der Waals surface area contributed by atoms with Gasteiger partial charge in [0.1, 0.15) is 6.61 Å². The first-order chi connectivity index (χ1) is 7.56. The van der Waals surface area contributed by atoms with E-state index in [1.165, 1.54) is 12.1 Å². The van der Waals surface area contributed by atoms with E-state index in [0.29, 0.717) is 13.2 Å². The number of nitrogens with one attached hydrogen (secondary N) is 1. The first-order valence-electron chi connectivity index (χ1n) is 4.47. The van der Waals surface area contributed by atoms with Crippen molar-refractivity contribution < 1.29 is 9.66 Å². The molecule has 1 aromatic rings. The molecule has 0 saturated heterocycles. The van der Waals surface area contributed by atoms with Gasteiger partial charge in [0, 0.05) is 18.7 Å². The molecule has 1 N–H and O–H groups in total. The number of halogens is 2. The molecule has 7 heteroatoms. The Hall–Kier alpha value is -1.04. The second-order valence-corrected chi connectivity index (χ2v) is 3.76. The Labute approximate surface area is 102 Å². The van der Waals surface area contributed by atoms with Gasteiger partial charge in [-0.3, -0.25) is 10.1 Å². The van der Waals surface area contributed by atoms with Crippen LogP contribution in [0.25, 0.3) is 0 Å². The van der Waals surface area contributed by atoms with Gasteiger partial charge in [-0.15, -0.1) is 0 Å². The fraction of sp³-hybridized carbons (Fsp3) is 0.333. The molecule has 16 heavy (non-hydrogen) atoms. The fourth-order valence-corrected chi connectivity index (χ4v) is 1.35. The summed E-state index contributed by atoms with van der Waals surface area (Å²) in [6.45, 7) is 0.896. The summed E-state index contributed by atoms with van der Waals surface area (Å²) in [5, 5.41) is 13.9. The molecule has 0 fully saturated rings. The van der Waals surface area contributed by atoms with Gasteiger partial charge in [0.15, 0.2) is 5.75 Å². The molecule has 0 unspecified atom stereocenters. The van der Waals surface area contributed by atoms with Crippen molar-refractivity contribution in [2.45, 2.75) is 0 Å². The molecular weight excluding hydrogens is 255 g/mol. The normalized spacial score (nSPS) is 10.2. The van der Waals surface area contributed by atoms with Crippen LogP contribution < -0.4 is 10.1 Å². The highest BCUT2D eigenvalue weighted by atomic mass is 35.5. The number of likely N-dealkylation sites (N-methyl/N-ethyl adjacent to an activating group) is 1. The molecule has 1 rings (SSSR count). The van der Waals surface area contributed by atoms with Gasteiger partial charge in [-0.1, -0.05) is 23.2 Å². The van der Waals surface area contributed by atoms with Crippen LogP contribution in [0.3, 0.4) is 0 Å². The zero-order valence-corrected chi connectivity index (χ0v) is 10.0. The highest BCUT2D eigenvalue weighted by Crippen LogP contribution is 2.35. The Kier molecular flexibility index (Phi) is 4.79. The lowest BCUT2D eigenvalue weighted by Crippen LogP contribution is -2.16. The minimum absolute atomic E-state index is 0.120. The van der Waals surface area contributed by atoms with Crippen molar-refractivity contribution in [3.05, 3.63) is 32.3 Å². The lowest BCUT2D eigenvalue weighted by Gasteiger charge is -2.07. The molecule has 0 bridgehead atoms. The van der Waals surface area contributed by atoms with Crippen LogP contribution in [0.1, 0.15) is 0 Å². The smallest absolute Gasteiger partial charge is 0.312 e. The molecule has 0 aliphatic carbocycles. The van der Waals surface area contributed by atoms with E-state index in [9.17, 15) is 10.1 Å². The summed E-state index contributed by atoms with van der Waals surface area (Å²) < 4.78 is 5.23. The maximum absolute atomic E-state index is 10.7. The number of benzene rings is 1. The maximum atomic E-state index is 10.7. The molecule has 5 nitrogen and oxygen atoms in total. The van der Waals surface area contributed by atoms with E-state index in [4.69, 9.17) is 27.9 Å². The Balaban J connectivity index is 2.95. The number of rotatable bonds is 5. The van der Waals surface area contributed by atoms with Crippen LogP contribution in [0, 0.1) is 10.1 Å². The Morgan fingerprint density at radius 3 is 2.62 bits per heavy atom. The van der Waals surface area contributed by atoms with Gasteiger partial charge < -0.3 is 10.1 Å². The van der Waals surface area contributed by atoms with Crippen LogP contribution >= 0.6 is 23.2 Å². The zero-order chi connectivity index (χ0) is 12.1. The van der Waals surface area contributed by atoms with Gasteiger partial charge in [0.05, 0.1) is 15.0 Å². The highest BCUT2D eigenvalue weighted by Gasteiger charge is 2.18. The fourth-order valence-electron chi connectivity index (χ4n) is 1.04. The number of nitrogens with zero attached hydrogens (tertiary/aromatic N) is 1. The van der Waals surface area contributed by atoms with Gasteiger partial charge in [-0.05, 0) is 7.05 Å². The Morgan fingerprint density at radius 1 is 1.44 bits per heavy atom. The summed E-state index contributed by atoms with van der Waals surface area (Å²) >= 11 is 11.4. The summed E-state index contributed by atoms with van der Waals surface area (Å²) in [7, 11) is 1.76. The van der Waals surface area contributed by atoms with E-state index in [2.05, 4.69) is 5.32 Å². The molecule has 0 spiro atoms. The summed E-state index contributed by atoms with van der Waals surface area (Å²) in [5.41, 5.74) is -0.189. The molecular formula is C9H10Cl2N2O3. The molecule has 0 radical (unpaired) electrons. The number of nitro benzene ring substituents is 1. The molecule has 0 saturated carbocycles. The van der Waals surface area contributed by atoms with Crippen LogP contribution in [-0.2, 0) is 0 Å². The van der Waals surface area contributed by atoms with Crippen molar-refractivity contribution in [2.24, 2.45) is 0 Å². The molecule has 0 aliphatic heterocycles. The van der Waals surface area contributed by atoms with E-state index in [1.807, 2.05) is 0 Å². The van der Waals surface area contributed by atoms with E-state index >= 15 is 0 Å². The van der Waals surface area contributed by atoms with Crippen LogP contribution in [0.4, 0.5) is 5.69 Å². The Bertz CT molecular complexity index is 399. The Morgan fingerprint density at radius 2 is 2.06 bits per heavy atom. The predicted octanol–water partition coefficient (Wildman–Crippen LogP) is 2.50. The molecule has 0 aromatic heterocycles. The number of nitro groups is 1. The lowest BCUT2D eigenvalue weighted by atomic mass is 10.3. The van der Waals surface area contributed by atoms with E-state index in [0.717, 1.165) is 0 Å². The van der Waals surface area contributed by atoms with Crippen molar-refractivity contribution in [1.82, 2.24) is 5.32 Å². The average Bonchev–Trinajstić information content (AvgIpc) is 2.23. The van der Waals surface area contributed by atoms with Gasteiger partial charge in [-0.25, -0.2) is 0 Å². The summed E-state index contributed by atoms with van der Waals surface area (Å²) in [6, 6.07) is 2.52. The summed E-state index contributed by atoms with van der Waals surface area (Å²) in [6.07, 6.45) is 0. The monoisotopic (exact) mass is 264 g/mol. The van der Waals surface area contributed by atoms with Crippen LogP contribution in [-0.4, -0.2) is 25.1 Å². The van der Waals surface area contributed by atoms with E-state index in [-0.39, 0.29) is 21.5 Å². The lowest BCUT2D eigenvalue weighted by molar-refractivity contribution is -0.385. The molecule has 0 atom stereocenters. The first-order valence-corrected chi connectivity index (χ1v) is 5.22. The molecule has 1 aromatic carbocycles. The number of hydrogen-bond donors (Lipinski definition) is 1. The van der Waals surface area contributed by atoms with Crippen molar-refractivity contribution in [1.29, 1.82) is 0 Å². The summed E-state index contributed by atoms with van der Waals surface area (Å²) in [5.74, 6) is 0.120. The SMILES string of the molecule is CNCCOc1cc(Cl)c(Cl)cc1[N+](=O)[O-]. The minimum Gasteiger partial charge on any atom is -0.485 e. The maximum Gasteiger partial charge on any atom is 0.312 e. The standard InChI is InChI=1S/C9H10Cl2N2O3/c1-12-2-3-16-9-5-7(11)6(10)4-8(9)13(14)15/h4-5,12H,2-3H2,1H3. The van der Waals surface area contributed by atoms with Gasteiger partial charge >= 0.3 is 5.69 Å². The van der Waals surface area contributed by atoms with Crippen molar-refractivity contribution >= 4 is 28.9 Å². The van der Waals surface area contributed by atoms with Crippen LogP contribution in [0.15, 0.2) is 12.1 Å². The molecule has 0 aliphatic rings. The second-order valence-electron chi connectivity index (χ2n) is 2.94. The predicted molar refractivity (Wildman–Crippen MR) is 62.5 cm³/mol. The van der Waals surface area contributed by atoms with Crippen molar-refractivity contribution in [2.75, 3.05) is 20.2 Å². The van der Waals surface area contributed by atoms with Gasteiger partial charge in [0.25, 0.3) is 0 Å². The van der Waals surface area contributed by atoms with E-state index < -0.39 is 4.92 Å². The molecule has 0 amide bonds. The summed E-state index contributed by atoms with van der Waals surface area (Å²) in [4.78, 5) is 10.2. The third-order valence-corrected chi connectivity index (χ3v) is 2.53. The van der Waals surface area contributed by atoms with Crippen LogP contribution in [0.5, 0.6) is 5.75 Å². The van der Waals surface area contributed by atoms with Crippen molar-refractivity contribution in [3.63, 3.8) is 0 Å².